The average Bonchev–Trinajstić information content (AvgIpc) is 2.54. The third-order valence-corrected chi connectivity index (χ3v) is 3.88. The molecule has 0 spiro atoms. The number of aromatic nitrogens is 1. The number of rotatable bonds is 3. The fourth-order valence-corrected chi connectivity index (χ4v) is 2.55. The molecule has 0 fully saturated rings. The van der Waals surface area contributed by atoms with Gasteiger partial charge in [-0.3, -0.25) is 4.98 Å². The van der Waals surface area contributed by atoms with Crippen molar-refractivity contribution in [3.05, 3.63) is 78.0 Å². The highest BCUT2D eigenvalue weighted by Crippen LogP contribution is 2.29. The zero-order valence-electron chi connectivity index (χ0n) is 11.5. The van der Waals surface area contributed by atoms with Crippen molar-refractivity contribution in [1.82, 2.24) is 4.98 Å². The van der Waals surface area contributed by atoms with Crippen LogP contribution in [0.3, 0.4) is 0 Å². The molecule has 2 aromatic carbocycles. The van der Waals surface area contributed by atoms with Gasteiger partial charge in [0.2, 0.25) is 0 Å². The molecule has 1 aromatic heterocycles. The molecule has 2 atom stereocenters. The van der Waals surface area contributed by atoms with Crippen molar-refractivity contribution in [2.45, 2.75) is 18.9 Å². The summed E-state index contributed by atoms with van der Waals surface area (Å²) in [6.45, 7) is 2.17. The fraction of sp³-hybridized carbons (Fsp3) is 0.167. The summed E-state index contributed by atoms with van der Waals surface area (Å²) in [6.07, 6.45) is 1.81. The molecule has 1 heterocycles. The van der Waals surface area contributed by atoms with Crippen molar-refractivity contribution in [3.8, 4) is 0 Å². The summed E-state index contributed by atoms with van der Waals surface area (Å²) in [5.41, 5.74) is 9.88. The Bertz CT molecular complexity index is 707. The third-order valence-electron chi connectivity index (χ3n) is 3.88. The Morgan fingerprint density at radius 3 is 2.50 bits per heavy atom. The molecule has 100 valence electrons. The summed E-state index contributed by atoms with van der Waals surface area (Å²) in [4.78, 5) is 4.34. The summed E-state index contributed by atoms with van der Waals surface area (Å²) in [7, 11) is 0. The highest BCUT2D eigenvalue weighted by molar-refractivity contribution is 5.79. The summed E-state index contributed by atoms with van der Waals surface area (Å²) in [5, 5.41) is 1.14. The molecule has 20 heavy (non-hydrogen) atoms. The van der Waals surface area contributed by atoms with Gasteiger partial charge in [-0.2, -0.15) is 0 Å². The molecule has 0 saturated carbocycles. The number of fused-ring (bicyclic) bond motifs is 1. The first-order valence-electron chi connectivity index (χ1n) is 6.91. The SMILES string of the molecule is CC(c1ccccc1)C(N)c1ccc2ncccc2c1. The van der Waals surface area contributed by atoms with E-state index in [-0.39, 0.29) is 12.0 Å². The highest BCUT2D eigenvalue weighted by atomic mass is 14.7. The van der Waals surface area contributed by atoms with E-state index in [1.54, 1.807) is 0 Å². The predicted molar refractivity (Wildman–Crippen MR) is 83.5 cm³/mol. The largest absolute Gasteiger partial charge is 0.323 e. The Hall–Kier alpha value is -2.19. The zero-order valence-corrected chi connectivity index (χ0v) is 11.5. The van der Waals surface area contributed by atoms with Crippen LogP contribution in [0.25, 0.3) is 10.9 Å². The van der Waals surface area contributed by atoms with Crippen molar-refractivity contribution < 1.29 is 0 Å². The van der Waals surface area contributed by atoms with Gasteiger partial charge in [-0.25, -0.2) is 0 Å². The fourth-order valence-electron chi connectivity index (χ4n) is 2.55. The van der Waals surface area contributed by atoms with Gasteiger partial charge in [-0.1, -0.05) is 49.4 Å². The average molecular weight is 262 g/mol. The first kappa shape index (κ1) is 12.8. The van der Waals surface area contributed by atoms with Crippen LogP contribution in [0.15, 0.2) is 66.9 Å². The van der Waals surface area contributed by atoms with E-state index in [0.29, 0.717) is 0 Å². The molecule has 3 rings (SSSR count). The number of benzene rings is 2. The van der Waals surface area contributed by atoms with Crippen molar-refractivity contribution in [2.24, 2.45) is 5.73 Å². The Balaban J connectivity index is 1.94. The van der Waals surface area contributed by atoms with E-state index in [4.69, 9.17) is 5.73 Å². The first-order chi connectivity index (χ1) is 9.75. The maximum atomic E-state index is 6.44. The molecular weight excluding hydrogens is 244 g/mol. The lowest BCUT2D eigenvalue weighted by molar-refractivity contribution is 0.598. The van der Waals surface area contributed by atoms with Crippen molar-refractivity contribution >= 4 is 10.9 Å². The van der Waals surface area contributed by atoms with Crippen LogP contribution < -0.4 is 5.73 Å². The van der Waals surface area contributed by atoms with Gasteiger partial charge in [0.15, 0.2) is 0 Å². The maximum Gasteiger partial charge on any atom is 0.0702 e. The molecule has 2 heteroatoms. The number of hydrogen-bond acceptors (Lipinski definition) is 2. The molecule has 0 saturated heterocycles. The quantitative estimate of drug-likeness (QED) is 0.773. The van der Waals surface area contributed by atoms with Crippen LogP contribution in [0, 0.1) is 0 Å². The summed E-state index contributed by atoms with van der Waals surface area (Å²) >= 11 is 0. The second kappa shape index (κ2) is 5.43. The monoisotopic (exact) mass is 262 g/mol. The van der Waals surface area contributed by atoms with Crippen LogP contribution in [0.1, 0.15) is 30.0 Å². The van der Waals surface area contributed by atoms with Gasteiger partial charge < -0.3 is 5.73 Å². The van der Waals surface area contributed by atoms with Gasteiger partial charge in [-0.05, 0) is 29.3 Å². The molecule has 2 unspecified atom stereocenters. The molecule has 0 aliphatic rings. The van der Waals surface area contributed by atoms with E-state index in [1.807, 2.05) is 24.4 Å². The number of pyridine rings is 1. The topological polar surface area (TPSA) is 38.9 Å². The minimum atomic E-state index is -0.0120. The van der Waals surface area contributed by atoms with Gasteiger partial charge in [0, 0.05) is 23.5 Å². The van der Waals surface area contributed by atoms with E-state index < -0.39 is 0 Å². The molecule has 0 amide bonds. The molecule has 2 nitrogen and oxygen atoms in total. The lowest BCUT2D eigenvalue weighted by Gasteiger charge is -2.21. The van der Waals surface area contributed by atoms with E-state index in [1.165, 1.54) is 5.56 Å². The van der Waals surface area contributed by atoms with Gasteiger partial charge in [0.25, 0.3) is 0 Å². The molecule has 0 aliphatic carbocycles. The van der Waals surface area contributed by atoms with E-state index in [2.05, 4.69) is 54.4 Å². The standard InChI is InChI=1S/C18H18N2/c1-13(14-6-3-2-4-7-14)18(19)16-9-10-17-15(12-16)8-5-11-20-17/h2-13,18H,19H2,1H3. The third kappa shape index (κ3) is 2.43. The molecular formula is C18H18N2. The Kier molecular flexibility index (Phi) is 3.48. The van der Waals surface area contributed by atoms with Crippen LogP contribution in [0.4, 0.5) is 0 Å². The van der Waals surface area contributed by atoms with E-state index in [0.717, 1.165) is 16.5 Å². The predicted octanol–water partition coefficient (Wildman–Crippen LogP) is 4.04. The summed E-state index contributed by atoms with van der Waals surface area (Å²) in [5.74, 6) is 0.283. The van der Waals surface area contributed by atoms with Crippen LogP contribution in [-0.4, -0.2) is 4.98 Å². The van der Waals surface area contributed by atoms with Gasteiger partial charge >= 0.3 is 0 Å². The van der Waals surface area contributed by atoms with E-state index >= 15 is 0 Å². The minimum Gasteiger partial charge on any atom is -0.323 e. The van der Waals surface area contributed by atoms with Gasteiger partial charge in [0.05, 0.1) is 5.52 Å². The smallest absolute Gasteiger partial charge is 0.0702 e. The second-order valence-corrected chi connectivity index (χ2v) is 5.18. The number of nitrogens with two attached hydrogens (primary N) is 1. The van der Waals surface area contributed by atoms with E-state index in [9.17, 15) is 0 Å². The molecule has 0 bridgehead atoms. The van der Waals surface area contributed by atoms with Crippen LogP contribution in [0.5, 0.6) is 0 Å². The Labute approximate surface area is 119 Å². The molecule has 0 aliphatic heterocycles. The summed E-state index contributed by atoms with van der Waals surface area (Å²) < 4.78 is 0. The molecule has 2 N–H and O–H groups in total. The van der Waals surface area contributed by atoms with Crippen molar-refractivity contribution in [2.75, 3.05) is 0 Å². The lowest BCUT2D eigenvalue weighted by atomic mass is 9.89. The van der Waals surface area contributed by atoms with Crippen LogP contribution in [0.2, 0.25) is 0 Å². The molecule has 0 radical (unpaired) electrons. The Morgan fingerprint density at radius 1 is 0.900 bits per heavy atom. The van der Waals surface area contributed by atoms with Crippen LogP contribution >= 0.6 is 0 Å². The normalized spacial score (nSPS) is 14.1. The number of nitrogens with zero attached hydrogens (tertiary/aromatic N) is 1. The molecule has 3 aromatic rings. The Morgan fingerprint density at radius 2 is 1.70 bits per heavy atom. The summed E-state index contributed by atoms with van der Waals surface area (Å²) in [6, 6.07) is 20.7. The lowest BCUT2D eigenvalue weighted by Crippen LogP contribution is -2.17. The minimum absolute atomic E-state index is 0.0120. The zero-order chi connectivity index (χ0) is 13.9. The highest BCUT2D eigenvalue weighted by Gasteiger charge is 2.16. The second-order valence-electron chi connectivity index (χ2n) is 5.18. The van der Waals surface area contributed by atoms with Crippen molar-refractivity contribution in [1.29, 1.82) is 0 Å². The van der Waals surface area contributed by atoms with Gasteiger partial charge in [-0.15, -0.1) is 0 Å². The number of hydrogen-bond donors (Lipinski definition) is 1. The maximum absolute atomic E-state index is 6.44. The first-order valence-corrected chi connectivity index (χ1v) is 6.91. The van der Waals surface area contributed by atoms with Gasteiger partial charge in [0.1, 0.15) is 0 Å². The van der Waals surface area contributed by atoms with Crippen molar-refractivity contribution in [3.63, 3.8) is 0 Å². The van der Waals surface area contributed by atoms with Crippen LogP contribution in [-0.2, 0) is 0 Å².